The van der Waals surface area contributed by atoms with Gasteiger partial charge in [-0.2, -0.15) is 0 Å². The number of hydrogen-bond acceptors (Lipinski definition) is 10. The van der Waals surface area contributed by atoms with Gasteiger partial charge in [-0.1, -0.05) is 143 Å². The highest BCUT2D eigenvalue weighted by atomic mass is 16.6. The number of benzene rings is 2. The summed E-state index contributed by atoms with van der Waals surface area (Å²) in [5.74, 6) is -1.56. The molecule has 2 aliphatic carbocycles. The van der Waals surface area contributed by atoms with E-state index in [9.17, 15) is 19.2 Å². The second-order valence-electron chi connectivity index (χ2n) is 18.1. The third-order valence-corrected chi connectivity index (χ3v) is 13.4. The Labute approximate surface area is 384 Å². The molecule has 2 fully saturated rings. The molecule has 2 aliphatic rings. The topological polar surface area (TPSA) is 124 Å². The second-order valence-corrected chi connectivity index (χ2v) is 18.1. The van der Waals surface area contributed by atoms with Gasteiger partial charge < -0.3 is 28.4 Å². The molecule has 0 aromatic heterocycles. The van der Waals surface area contributed by atoms with E-state index < -0.39 is 36.1 Å². The zero-order valence-electron chi connectivity index (χ0n) is 39.9. The van der Waals surface area contributed by atoms with Crippen molar-refractivity contribution in [2.45, 2.75) is 169 Å². The van der Waals surface area contributed by atoms with Gasteiger partial charge in [0, 0.05) is 0 Å². The Morgan fingerprint density at radius 1 is 0.531 bits per heavy atom. The molecule has 0 aliphatic heterocycles. The summed E-state index contributed by atoms with van der Waals surface area (Å²) in [5.41, 5.74) is 0.609. The number of rotatable bonds is 27. The van der Waals surface area contributed by atoms with Crippen LogP contribution in [0, 0.1) is 22.7 Å². The zero-order valence-corrected chi connectivity index (χ0v) is 39.9. The van der Waals surface area contributed by atoms with Gasteiger partial charge in [0.15, 0.2) is 0 Å². The fraction of sp³-hybridized carbons (Fsp3) is 0.630. The Bertz CT molecular complexity index is 1620. The summed E-state index contributed by atoms with van der Waals surface area (Å²) in [4.78, 5) is 54.5. The normalized spacial score (nSPS) is 17.8. The third-order valence-electron chi connectivity index (χ3n) is 13.4. The monoisotopic (exact) mass is 887 g/mol. The lowest BCUT2D eigenvalue weighted by molar-refractivity contribution is -0.174. The van der Waals surface area contributed by atoms with Gasteiger partial charge in [-0.3, -0.25) is 0 Å². The standard InChI is InChI=1S/C54H78O10/c1-7-11-37-61-51(57)47(63-49(55)43-23-27-45(28-24-43)59-39-19-35-53(41(5)21-9-3)31-15-13-16-32-53)48(52(58)62-38-12-8-2)64-50(56)44-25-29-46(30-26-44)60-40-20-36-54(42(6)22-10-4)33-17-14-18-34-54/h19-20,23-30,35-36,41-42,47-48H,7-18,21-22,31-34,37-40H2,1-6H3/b35-19+,36-20+/t41?,42?,47-,48-/m1/s1. The molecule has 2 saturated carbocycles. The summed E-state index contributed by atoms with van der Waals surface area (Å²) in [6.45, 7) is 13.9. The van der Waals surface area contributed by atoms with Crippen molar-refractivity contribution in [3.8, 4) is 11.5 Å². The van der Waals surface area contributed by atoms with Gasteiger partial charge in [-0.25, -0.2) is 19.2 Å². The maximum absolute atomic E-state index is 13.7. The van der Waals surface area contributed by atoms with Crippen molar-refractivity contribution < 1.29 is 47.6 Å². The van der Waals surface area contributed by atoms with Gasteiger partial charge in [0.05, 0.1) is 24.3 Å². The van der Waals surface area contributed by atoms with Crippen LogP contribution in [0.2, 0.25) is 0 Å². The fourth-order valence-corrected chi connectivity index (χ4v) is 9.37. The van der Waals surface area contributed by atoms with E-state index >= 15 is 0 Å². The first-order valence-electron chi connectivity index (χ1n) is 24.6. The number of esters is 4. The lowest BCUT2D eigenvalue weighted by Gasteiger charge is -2.40. The predicted molar refractivity (Wildman–Crippen MR) is 251 cm³/mol. The lowest BCUT2D eigenvalue weighted by Crippen LogP contribution is -2.47. The Balaban J connectivity index is 1.45. The van der Waals surface area contributed by atoms with Crippen molar-refractivity contribution in [1.29, 1.82) is 0 Å². The Kier molecular flexibility index (Phi) is 22.5. The maximum atomic E-state index is 13.7. The highest BCUT2D eigenvalue weighted by Crippen LogP contribution is 2.46. The first-order valence-corrected chi connectivity index (χ1v) is 24.6. The van der Waals surface area contributed by atoms with Crippen molar-refractivity contribution in [3.63, 3.8) is 0 Å². The number of carbonyl (C=O) groups is 4. The number of hydrogen-bond donors (Lipinski definition) is 0. The molecule has 10 heteroatoms. The number of ether oxygens (including phenoxy) is 6. The summed E-state index contributed by atoms with van der Waals surface area (Å²) in [5, 5.41) is 0. The van der Waals surface area contributed by atoms with E-state index in [1.54, 1.807) is 24.3 Å². The minimum atomic E-state index is -1.94. The van der Waals surface area contributed by atoms with E-state index in [2.05, 4.69) is 52.0 Å². The zero-order chi connectivity index (χ0) is 46.2. The molecule has 4 atom stereocenters. The van der Waals surface area contributed by atoms with Crippen LogP contribution in [0.3, 0.4) is 0 Å². The first kappa shape index (κ1) is 52.0. The van der Waals surface area contributed by atoms with Crippen LogP contribution in [0.1, 0.15) is 178 Å². The third kappa shape index (κ3) is 15.8. The molecule has 2 aromatic rings. The van der Waals surface area contributed by atoms with Crippen LogP contribution in [0.25, 0.3) is 0 Å². The molecule has 10 nitrogen and oxygen atoms in total. The van der Waals surface area contributed by atoms with Crippen LogP contribution >= 0.6 is 0 Å². The summed E-state index contributed by atoms with van der Waals surface area (Å²) in [6.07, 6.45) is 24.7. The Morgan fingerprint density at radius 2 is 0.891 bits per heavy atom. The molecule has 0 saturated heterocycles. The molecule has 2 unspecified atom stereocenters. The van der Waals surface area contributed by atoms with E-state index in [-0.39, 0.29) is 35.2 Å². The molecule has 0 heterocycles. The minimum Gasteiger partial charge on any atom is -0.490 e. The summed E-state index contributed by atoms with van der Waals surface area (Å²) in [7, 11) is 0. The van der Waals surface area contributed by atoms with E-state index in [0.29, 0.717) is 49.4 Å². The molecule has 64 heavy (non-hydrogen) atoms. The first-order chi connectivity index (χ1) is 31.0. The molecule has 4 rings (SSSR count). The molecule has 0 spiro atoms. The van der Waals surface area contributed by atoms with Gasteiger partial charge in [0.1, 0.15) is 24.7 Å². The van der Waals surface area contributed by atoms with E-state index in [1.807, 2.05) is 13.8 Å². The molecule has 0 radical (unpaired) electrons. The summed E-state index contributed by atoms with van der Waals surface area (Å²) in [6, 6.07) is 12.7. The number of carbonyl (C=O) groups excluding carboxylic acids is 4. The second kappa shape index (κ2) is 27.7. The van der Waals surface area contributed by atoms with Crippen LogP contribution in [0.15, 0.2) is 72.8 Å². The van der Waals surface area contributed by atoms with Gasteiger partial charge in [0.25, 0.3) is 0 Å². The number of allylic oxidation sites excluding steroid dienone is 2. The van der Waals surface area contributed by atoms with Crippen LogP contribution in [0.5, 0.6) is 11.5 Å². The van der Waals surface area contributed by atoms with Crippen molar-refractivity contribution in [2.75, 3.05) is 26.4 Å². The van der Waals surface area contributed by atoms with Crippen molar-refractivity contribution >= 4 is 23.9 Å². The molecular formula is C54H78O10. The highest BCUT2D eigenvalue weighted by molar-refractivity contribution is 5.96. The van der Waals surface area contributed by atoms with Crippen LogP contribution < -0.4 is 9.47 Å². The van der Waals surface area contributed by atoms with Gasteiger partial charge in [0.2, 0.25) is 12.2 Å². The summed E-state index contributed by atoms with van der Waals surface area (Å²) < 4.78 is 34.3. The van der Waals surface area contributed by atoms with E-state index in [4.69, 9.17) is 28.4 Å². The summed E-state index contributed by atoms with van der Waals surface area (Å²) >= 11 is 0. The van der Waals surface area contributed by atoms with Crippen LogP contribution in [0.4, 0.5) is 0 Å². The average Bonchev–Trinajstić information content (AvgIpc) is 3.31. The average molecular weight is 887 g/mol. The molecule has 0 N–H and O–H groups in total. The molecule has 2 aromatic carbocycles. The van der Waals surface area contributed by atoms with Crippen LogP contribution in [-0.2, 0) is 28.5 Å². The van der Waals surface area contributed by atoms with Gasteiger partial charge in [-0.05, 0) is 110 Å². The van der Waals surface area contributed by atoms with Crippen molar-refractivity contribution in [3.05, 3.63) is 84.0 Å². The van der Waals surface area contributed by atoms with Gasteiger partial charge in [-0.15, -0.1) is 0 Å². The van der Waals surface area contributed by atoms with E-state index in [1.165, 1.54) is 114 Å². The predicted octanol–water partition coefficient (Wildman–Crippen LogP) is 12.8. The Morgan fingerprint density at radius 3 is 1.22 bits per heavy atom. The molecule has 354 valence electrons. The highest BCUT2D eigenvalue weighted by Gasteiger charge is 2.43. The van der Waals surface area contributed by atoms with Crippen LogP contribution in [-0.4, -0.2) is 62.5 Å². The SMILES string of the molecule is CCCCOC(=O)[C@H](OC(=O)c1ccc(OC/C=C/C2(C(C)CCC)CCCCC2)cc1)[C@@H](OC(=O)c1ccc(OC/C=C/C2(C(C)CCC)CCCCC2)cc1)C(=O)OCCCC. The minimum absolute atomic E-state index is 0.0173. The Hall–Kier alpha value is -4.60. The number of unbranched alkanes of at least 4 members (excludes halogenated alkanes) is 2. The quantitative estimate of drug-likeness (QED) is 0.0371. The molecular weight excluding hydrogens is 809 g/mol. The van der Waals surface area contributed by atoms with Gasteiger partial charge >= 0.3 is 23.9 Å². The van der Waals surface area contributed by atoms with E-state index in [0.717, 1.165) is 12.8 Å². The lowest BCUT2D eigenvalue weighted by atomic mass is 9.65. The molecule has 0 amide bonds. The smallest absolute Gasteiger partial charge is 0.352 e. The fourth-order valence-electron chi connectivity index (χ4n) is 9.37. The maximum Gasteiger partial charge on any atom is 0.352 e. The van der Waals surface area contributed by atoms with Crippen molar-refractivity contribution in [2.24, 2.45) is 22.7 Å². The largest absolute Gasteiger partial charge is 0.490 e. The van der Waals surface area contributed by atoms with Crippen molar-refractivity contribution in [1.82, 2.24) is 0 Å². The molecule has 0 bridgehead atoms.